The molecular weight excluding hydrogens is 208 g/mol. The molecule has 0 heterocycles. The Hall–Kier alpha value is -0.850. The van der Waals surface area contributed by atoms with E-state index in [1.54, 1.807) is 13.0 Å². The largest absolute Gasteiger partial charge is 0.295 e. The van der Waals surface area contributed by atoms with E-state index in [2.05, 4.69) is 13.8 Å². The third-order valence-corrected chi connectivity index (χ3v) is 2.71. The molecule has 1 heteroatoms. The molecule has 1 aliphatic rings. The highest BCUT2D eigenvalue weighted by Gasteiger charge is 2.14. The summed E-state index contributed by atoms with van der Waals surface area (Å²) < 4.78 is 0. The van der Waals surface area contributed by atoms with Crippen molar-refractivity contribution in [2.45, 2.75) is 67.7 Å². The number of ketones is 1. The van der Waals surface area contributed by atoms with Crippen molar-refractivity contribution >= 4 is 5.78 Å². The lowest BCUT2D eigenvalue weighted by atomic mass is 9.84. The topological polar surface area (TPSA) is 17.1 Å². The molecule has 1 atom stereocenters. The van der Waals surface area contributed by atoms with Gasteiger partial charge in [0, 0.05) is 0 Å². The van der Waals surface area contributed by atoms with E-state index in [-0.39, 0.29) is 5.78 Å². The zero-order valence-corrected chi connectivity index (χ0v) is 12.8. The Labute approximate surface area is 108 Å². The van der Waals surface area contributed by atoms with Gasteiger partial charge in [0.25, 0.3) is 0 Å². The Bertz CT molecular complexity index is 259. The predicted octanol–water partition coefficient (Wildman–Crippen LogP) is 5.32. The van der Waals surface area contributed by atoms with Crippen LogP contribution in [-0.2, 0) is 4.79 Å². The molecule has 0 aromatic rings. The van der Waals surface area contributed by atoms with Crippen LogP contribution in [0.3, 0.4) is 0 Å². The number of hydrogen-bond acceptors (Lipinski definition) is 1. The van der Waals surface area contributed by atoms with Crippen LogP contribution in [0, 0.1) is 5.92 Å². The van der Waals surface area contributed by atoms with Crippen LogP contribution in [0.5, 0.6) is 0 Å². The van der Waals surface area contributed by atoms with Gasteiger partial charge in [-0.25, -0.2) is 0 Å². The van der Waals surface area contributed by atoms with Gasteiger partial charge in [0.1, 0.15) is 0 Å². The van der Waals surface area contributed by atoms with Gasteiger partial charge < -0.3 is 0 Å². The normalized spacial score (nSPS) is 19.1. The summed E-state index contributed by atoms with van der Waals surface area (Å²) >= 11 is 0. The van der Waals surface area contributed by atoms with E-state index < -0.39 is 0 Å². The summed E-state index contributed by atoms with van der Waals surface area (Å²) in [6.45, 7) is 14.0. The quantitative estimate of drug-likeness (QED) is 0.595. The molecule has 1 rings (SSSR count). The van der Waals surface area contributed by atoms with Crippen LogP contribution < -0.4 is 0 Å². The molecule has 0 aromatic heterocycles. The molecule has 0 saturated heterocycles. The summed E-state index contributed by atoms with van der Waals surface area (Å²) in [7, 11) is 0. The van der Waals surface area contributed by atoms with E-state index in [1.807, 2.05) is 33.8 Å². The Morgan fingerprint density at radius 1 is 1.24 bits per heavy atom. The molecule has 0 bridgehead atoms. The Kier molecular flexibility index (Phi) is 12.7. The van der Waals surface area contributed by atoms with Gasteiger partial charge in [0.05, 0.1) is 0 Å². The van der Waals surface area contributed by atoms with Gasteiger partial charge in [-0.3, -0.25) is 4.79 Å². The first kappa shape index (κ1) is 18.5. The van der Waals surface area contributed by atoms with E-state index in [0.717, 1.165) is 0 Å². The van der Waals surface area contributed by atoms with Crippen LogP contribution in [0.4, 0.5) is 0 Å². The number of rotatable bonds is 2. The molecule has 0 fully saturated rings. The standard InChI is InChI=1S/C12H18O.2C2H6/c1-9-5-4-6-10(2)12(9)8-7-11(3)13;2*1-2/h7-9H,4-6H2,1-3H3;2*1-2H3/b8-7+;;. The lowest BCUT2D eigenvalue weighted by molar-refractivity contribution is -0.112. The molecule has 0 aliphatic heterocycles. The first-order chi connectivity index (χ1) is 8.11. The SMILES string of the molecule is CC.CC.CC(=O)/C=C/C1=C(C)CCCC1C. The fourth-order valence-electron chi connectivity index (χ4n) is 1.91. The van der Waals surface area contributed by atoms with Gasteiger partial charge in [-0.1, -0.05) is 46.3 Å². The van der Waals surface area contributed by atoms with Gasteiger partial charge >= 0.3 is 0 Å². The van der Waals surface area contributed by atoms with Gasteiger partial charge in [-0.15, -0.1) is 0 Å². The molecule has 17 heavy (non-hydrogen) atoms. The van der Waals surface area contributed by atoms with Gasteiger partial charge in [0.15, 0.2) is 5.78 Å². The highest BCUT2D eigenvalue weighted by atomic mass is 16.1. The average molecular weight is 238 g/mol. The Morgan fingerprint density at radius 2 is 1.76 bits per heavy atom. The average Bonchev–Trinajstić information content (AvgIpc) is 2.33. The monoisotopic (exact) mass is 238 g/mol. The number of carbonyl (C=O) groups excluding carboxylic acids is 1. The third-order valence-electron chi connectivity index (χ3n) is 2.71. The van der Waals surface area contributed by atoms with Crippen molar-refractivity contribution in [3.63, 3.8) is 0 Å². The second kappa shape index (κ2) is 11.6. The third kappa shape index (κ3) is 7.95. The molecule has 1 unspecified atom stereocenters. The zero-order valence-electron chi connectivity index (χ0n) is 12.8. The van der Waals surface area contributed by atoms with Crippen molar-refractivity contribution in [2.24, 2.45) is 5.92 Å². The van der Waals surface area contributed by atoms with Gasteiger partial charge in [-0.05, 0) is 50.7 Å². The van der Waals surface area contributed by atoms with Crippen LogP contribution in [0.1, 0.15) is 67.7 Å². The molecule has 0 saturated carbocycles. The van der Waals surface area contributed by atoms with Gasteiger partial charge in [0.2, 0.25) is 0 Å². The summed E-state index contributed by atoms with van der Waals surface area (Å²) in [4.78, 5) is 10.8. The molecule has 0 spiro atoms. The van der Waals surface area contributed by atoms with Crippen LogP contribution >= 0.6 is 0 Å². The van der Waals surface area contributed by atoms with Crippen LogP contribution in [-0.4, -0.2) is 5.78 Å². The van der Waals surface area contributed by atoms with E-state index >= 15 is 0 Å². The number of carbonyl (C=O) groups is 1. The van der Waals surface area contributed by atoms with E-state index in [4.69, 9.17) is 0 Å². The van der Waals surface area contributed by atoms with E-state index in [1.165, 1.54) is 30.4 Å². The maximum atomic E-state index is 10.8. The fraction of sp³-hybridized carbons (Fsp3) is 0.688. The summed E-state index contributed by atoms with van der Waals surface area (Å²) in [5, 5.41) is 0. The first-order valence-electron chi connectivity index (χ1n) is 6.99. The molecule has 100 valence electrons. The van der Waals surface area contributed by atoms with Crippen LogP contribution in [0.25, 0.3) is 0 Å². The predicted molar refractivity (Wildman–Crippen MR) is 78.2 cm³/mol. The second-order valence-corrected chi connectivity index (χ2v) is 3.97. The maximum Gasteiger partial charge on any atom is 0.152 e. The van der Waals surface area contributed by atoms with Crippen molar-refractivity contribution in [1.29, 1.82) is 0 Å². The smallest absolute Gasteiger partial charge is 0.152 e. The van der Waals surface area contributed by atoms with Crippen molar-refractivity contribution in [3.05, 3.63) is 23.3 Å². The molecule has 1 nitrogen and oxygen atoms in total. The van der Waals surface area contributed by atoms with E-state index in [0.29, 0.717) is 5.92 Å². The first-order valence-corrected chi connectivity index (χ1v) is 6.99. The minimum Gasteiger partial charge on any atom is -0.295 e. The lowest BCUT2D eigenvalue weighted by Gasteiger charge is -2.21. The summed E-state index contributed by atoms with van der Waals surface area (Å²) in [5.41, 5.74) is 2.83. The summed E-state index contributed by atoms with van der Waals surface area (Å²) in [6.07, 6.45) is 7.43. The van der Waals surface area contributed by atoms with E-state index in [9.17, 15) is 4.79 Å². The van der Waals surface area contributed by atoms with Crippen molar-refractivity contribution in [2.75, 3.05) is 0 Å². The molecule has 0 aromatic carbocycles. The van der Waals surface area contributed by atoms with Gasteiger partial charge in [-0.2, -0.15) is 0 Å². The molecule has 0 radical (unpaired) electrons. The number of allylic oxidation sites excluding steroid dienone is 4. The van der Waals surface area contributed by atoms with Crippen LogP contribution in [0.15, 0.2) is 23.3 Å². The maximum absolute atomic E-state index is 10.8. The Morgan fingerprint density at radius 3 is 2.18 bits per heavy atom. The molecule has 0 amide bonds. The van der Waals surface area contributed by atoms with Crippen molar-refractivity contribution in [1.82, 2.24) is 0 Å². The molecular formula is C16H30O. The highest BCUT2D eigenvalue weighted by molar-refractivity contribution is 5.87. The molecule has 0 N–H and O–H groups in total. The molecule has 1 aliphatic carbocycles. The minimum atomic E-state index is 0.137. The second-order valence-electron chi connectivity index (χ2n) is 3.97. The van der Waals surface area contributed by atoms with Crippen molar-refractivity contribution in [3.8, 4) is 0 Å². The zero-order chi connectivity index (χ0) is 13.8. The lowest BCUT2D eigenvalue weighted by Crippen LogP contribution is -2.06. The summed E-state index contributed by atoms with van der Waals surface area (Å²) in [6, 6.07) is 0. The fourth-order valence-corrected chi connectivity index (χ4v) is 1.91. The Balaban J connectivity index is 0. The summed E-state index contributed by atoms with van der Waals surface area (Å²) in [5.74, 6) is 0.766. The van der Waals surface area contributed by atoms with Crippen LogP contribution in [0.2, 0.25) is 0 Å². The van der Waals surface area contributed by atoms with Crippen molar-refractivity contribution < 1.29 is 4.79 Å². The highest BCUT2D eigenvalue weighted by Crippen LogP contribution is 2.30. The number of hydrogen-bond donors (Lipinski definition) is 0. The minimum absolute atomic E-state index is 0.137.